The summed E-state index contributed by atoms with van der Waals surface area (Å²) in [5.74, 6) is 0.149. The van der Waals surface area contributed by atoms with Crippen LogP contribution in [0, 0.1) is 0 Å². The molecule has 1 heterocycles. The Morgan fingerprint density at radius 2 is 1.86 bits per heavy atom. The Bertz CT molecular complexity index is 313. The summed E-state index contributed by atoms with van der Waals surface area (Å²) in [6, 6.07) is 0.586. The second-order valence-corrected chi connectivity index (χ2v) is 6.55. The van der Waals surface area contributed by atoms with Crippen LogP contribution in [-0.2, 0) is 9.53 Å². The molecule has 0 radical (unpaired) electrons. The number of hydrogen-bond acceptors (Lipinski definition) is 4. The molecule has 1 amide bonds. The minimum atomic E-state index is -0.122. The van der Waals surface area contributed by atoms with Gasteiger partial charge in [-0.05, 0) is 26.7 Å². The zero-order chi connectivity index (χ0) is 15.1. The lowest BCUT2D eigenvalue weighted by molar-refractivity contribution is -0.123. The van der Waals surface area contributed by atoms with Gasteiger partial charge in [0.1, 0.15) is 0 Å². The number of carbonyl (C=O) groups is 1. The average Bonchev–Trinajstić information content (AvgIpc) is 2.49. The van der Waals surface area contributed by atoms with Gasteiger partial charge in [0.25, 0.3) is 0 Å². The van der Waals surface area contributed by atoms with E-state index in [1.807, 2.05) is 6.92 Å². The maximum atomic E-state index is 12.2. The van der Waals surface area contributed by atoms with Gasteiger partial charge >= 0.3 is 0 Å². The summed E-state index contributed by atoms with van der Waals surface area (Å²) in [7, 11) is 0. The summed E-state index contributed by atoms with van der Waals surface area (Å²) in [5.41, 5.74) is 0. The standard InChI is InChI=1S/C16H31N3O2/c1-13(12-19-8-10-21-11-9-19)17-14(2)16(20)18-15-6-4-3-5-7-15/h13-15,17H,3-12H2,1-2H3,(H,18,20). The van der Waals surface area contributed by atoms with Crippen LogP contribution < -0.4 is 10.6 Å². The van der Waals surface area contributed by atoms with Crippen LogP contribution in [0.15, 0.2) is 0 Å². The summed E-state index contributed by atoms with van der Waals surface area (Å²) in [6.07, 6.45) is 6.10. The van der Waals surface area contributed by atoms with Crippen LogP contribution in [0.3, 0.4) is 0 Å². The SMILES string of the molecule is CC(CN1CCOCC1)NC(C)C(=O)NC1CCCCC1. The lowest BCUT2D eigenvalue weighted by Gasteiger charge is -2.31. The van der Waals surface area contributed by atoms with Gasteiger partial charge < -0.3 is 15.4 Å². The number of amides is 1. The zero-order valence-electron chi connectivity index (χ0n) is 13.6. The van der Waals surface area contributed by atoms with Crippen molar-refractivity contribution in [2.45, 2.75) is 64.1 Å². The smallest absolute Gasteiger partial charge is 0.237 e. The third-order valence-electron chi connectivity index (χ3n) is 4.52. The Kier molecular flexibility index (Phi) is 6.93. The fraction of sp³-hybridized carbons (Fsp3) is 0.938. The first-order chi connectivity index (χ1) is 10.1. The molecule has 2 atom stereocenters. The highest BCUT2D eigenvalue weighted by Gasteiger charge is 2.21. The van der Waals surface area contributed by atoms with Crippen molar-refractivity contribution in [2.75, 3.05) is 32.8 Å². The van der Waals surface area contributed by atoms with Crippen LogP contribution in [0.5, 0.6) is 0 Å². The van der Waals surface area contributed by atoms with Gasteiger partial charge in [0.05, 0.1) is 19.3 Å². The van der Waals surface area contributed by atoms with E-state index in [0.717, 1.165) is 45.7 Å². The van der Waals surface area contributed by atoms with E-state index < -0.39 is 0 Å². The highest BCUT2D eigenvalue weighted by Crippen LogP contribution is 2.17. The van der Waals surface area contributed by atoms with Crippen molar-refractivity contribution in [2.24, 2.45) is 0 Å². The van der Waals surface area contributed by atoms with Gasteiger partial charge in [0.2, 0.25) is 5.91 Å². The number of morpholine rings is 1. The molecule has 1 aliphatic heterocycles. The van der Waals surface area contributed by atoms with Gasteiger partial charge in [0.15, 0.2) is 0 Å². The number of rotatable bonds is 6. The van der Waals surface area contributed by atoms with E-state index in [9.17, 15) is 4.79 Å². The second kappa shape index (κ2) is 8.71. The van der Waals surface area contributed by atoms with Crippen LogP contribution in [-0.4, -0.2) is 61.8 Å². The Morgan fingerprint density at radius 3 is 2.52 bits per heavy atom. The summed E-state index contributed by atoms with van der Waals surface area (Å²) in [4.78, 5) is 14.6. The fourth-order valence-electron chi connectivity index (χ4n) is 3.30. The van der Waals surface area contributed by atoms with Crippen LogP contribution in [0.2, 0.25) is 0 Å². The first-order valence-electron chi connectivity index (χ1n) is 8.51. The van der Waals surface area contributed by atoms with Crippen LogP contribution >= 0.6 is 0 Å². The number of nitrogens with zero attached hydrogens (tertiary/aromatic N) is 1. The summed E-state index contributed by atoms with van der Waals surface area (Å²) in [6.45, 7) is 8.73. The molecule has 2 aliphatic rings. The Balaban J connectivity index is 1.66. The predicted octanol–water partition coefficient (Wildman–Crippen LogP) is 1.13. The first kappa shape index (κ1) is 16.7. The van der Waals surface area contributed by atoms with Crippen molar-refractivity contribution in [3.05, 3.63) is 0 Å². The van der Waals surface area contributed by atoms with E-state index in [2.05, 4.69) is 22.5 Å². The average molecular weight is 297 g/mol. The minimum Gasteiger partial charge on any atom is -0.379 e. The van der Waals surface area contributed by atoms with E-state index in [4.69, 9.17) is 4.74 Å². The Morgan fingerprint density at radius 1 is 1.19 bits per heavy atom. The normalized spacial score (nSPS) is 24.5. The van der Waals surface area contributed by atoms with Gasteiger partial charge in [-0.3, -0.25) is 9.69 Å². The summed E-state index contributed by atoms with van der Waals surface area (Å²) < 4.78 is 5.36. The lowest BCUT2D eigenvalue weighted by atomic mass is 9.95. The molecule has 1 saturated heterocycles. The zero-order valence-corrected chi connectivity index (χ0v) is 13.6. The minimum absolute atomic E-state index is 0.122. The van der Waals surface area contributed by atoms with E-state index in [0.29, 0.717) is 12.1 Å². The molecule has 5 nitrogen and oxygen atoms in total. The van der Waals surface area contributed by atoms with E-state index in [1.165, 1.54) is 19.3 Å². The molecule has 122 valence electrons. The number of ether oxygens (including phenoxy) is 1. The van der Waals surface area contributed by atoms with Crippen LogP contribution in [0.1, 0.15) is 46.0 Å². The summed E-state index contributed by atoms with van der Waals surface area (Å²) >= 11 is 0. The number of nitrogens with one attached hydrogen (secondary N) is 2. The predicted molar refractivity (Wildman–Crippen MR) is 84.3 cm³/mol. The monoisotopic (exact) mass is 297 g/mol. The molecule has 0 spiro atoms. The van der Waals surface area contributed by atoms with Crippen molar-refractivity contribution in [3.63, 3.8) is 0 Å². The third-order valence-corrected chi connectivity index (χ3v) is 4.52. The van der Waals surface area contributed by atoms with Crippen LogP contribution in [0.25, 0.3) is 0 Å². The molecule has 2 rings (SSSR count). The van der Waals surface area contributed by atoms with Gasteiger partial charge in [-0.15, -0.1) is 0 Å². The van der Waals surface area contributed by atoms with Gasteiger partial charge in [-0.2, -0.15) is 0 Å². The van der Waals surface area contributed by atoms with Crippen molar-refractivity contribution >= 4 is 5.91 Å². The van der Waals surface area contributed by atoms with Gasteiger partial charge in [-0.1, -0.05) is 19.3 Å². The molecule has 2 N–H and O–H groups in total. The highest BCUT2D eigenvalue weighted by molar-refractivity contribution is 5.81. The molecule has 21 heavy (non-hydrogen) atoms. The first-order valence-corrected chi connectivity index (χ1v) is 8.51. The van der Waals surface area contributed by atoms with Gasteiger partial charge in [0, 0.05) is 31.7 Å². The van der Waals surface area contributed by atoms with E-state index >= 15 is 0 Å². The quantitative estimate of drug-likeness (QED) is 0.772. The third kappa shape index (κ3) is 5.93. The Labute approximate surface area is 128 Å². The highest BCUT2D eigenvalue weighted by atomic mass is 16.5. The second-order valence-electron chi connectivity index (χ2n) is 6.55. The summed E-state index contributed by atoms with van der Waals surface area (Å²) in [5, 5.41) is 6.61. The van der Waals surface area contributed by atoms with Crippen molar-refractivity contribution in [3.8, 4) is 0 Å². The largest absolute Gasteiger partial charge is 0.379 e. The van der Waals surface area contributed by atoms with Crippen LogP contribution in [0.4, 0.5) is 0 Å². The Hall–Kier alpha value is -0.650. The fourth-order valence-corrected chi connectivity index (χ4v) is 3.30. The topological polar surface area (TPSA) is 53.6 Å². The molecule has 1 saturated carbocycles. The van der Waals surface area contributed by atoms with Gasteiger partial charge in [-0.25, -0.2) is 0 Å². The number of carbonyl (C=O) groups excluding carboxylic acids is 1. The molecular weight excluding hydrogens is 266 g/mol. The van der Waals surface area contributed by atoms with Crippen molar-refractivity contribution in [1.29, 1.82) is 0 Å². The molecular formula is C16H31N3O2. The lowest BCUT2D eigenvalue weighted by Crippen LogP contribution is -2.52. The van der Waals surface area contributed by atoms with E-state index in [-0.39, 0.29) is 11.9 Å². The molecule has 0 bridgehead atoms. The molecule has 2 unspecified atom stereocenters. The molecule has 0 aromatic carbocycles. The molecule has 0 aromatic heterocycles. The van der Waals surface area contributed by atoms with E-state index in [1.54, 1.807) is 0 Å². The van der Waals surface area contributed by atoms with Crippen molar-refractivity contribution < 1.29 is 9.53 Å². The maximum Gasteiger partial charge on any atom is 0.237 e. The molecule has 5 heteroatoms. The molecule has 2 fully saturated rings. The maximum absolute atomic E-state index is 12.2. The molecule has 1 aliphatic carbocycles. The van der Waals surface area contributed by atoms with Crippen molar-refractivity contribution in [1.82, 2.24) is 15.5 Å². The molecule has 0 aromatic rings. The number of hydrogen-bond donors (Lipinski definition) is 2.